The van der Waals surface area contributed by atoms with Gasteiger partial charge in [0, 0.05) is 23.7 Å². The molecule has 1 heterocycles. The van der Waals surface area contributed by atoms with Crippen LogP contribution < -0.4 is 5.73 Å². The number of nitrogens with two attached hydrogens (primary N) is 1. The van der Waals surface area contributed by atoms with Gasteiger partial charge in [-0.05, 0) is 30.4 Å². The van der Waals surface area contributed by atoms with E-state index in [9.17, 15) is 4.79 Å². The minimum Gasteiger partial charge on any atom is -0.370 e. The van der Waals surface area contributed by atoms with Crippen molar-refractivity contribution in [3.8, 4) is 0 Å². The Morgan fingerprint density at radius 2 is 2.19 bits per heavy atom. The number of benzene rings is 1. The zero-order valence-corrected chi connectivity index (χ0v) is 9.23. The van der Waals surface area contributed by atoms with Crippen LogP contribution in [0.3, 0.4) is 0 Å². The van der Waals surface area contributed by atoms with Crippen LogP contribution >= 0.6 is 0 Å². The van der Waals surface area contributed by atoms with Crippen LogP contribution in [0.5, 0.6) is 0 Å². The molecule has 0 radical (unpaired) electrons. The van der Waals surface area contributed by atoms with Gasteiger partial charge in [-0.2, -0.15) is 0 Å². The summed E-state index contributed by atoms with van der Waals surface area (Å²) in [7, 11) is 0. The van der Waals surface area contributed by atoms with E-state index < -0.39 is 0 Å². The number of carbonyl (C=O) groups excluding carboxylic acids is 1. The van der Waals surface area contributed by atoms with Gasteiger partial charge in [0.1, 0.15) is 0 Å². The Bertz CT molecular complexity index is 529. The summed E-state index contributed by atoms with van der Waals surface area (Å²) in [5.41, 5.74) is 7.29. The number of nitrogens with zero attached hydrogens (tertiary/aromatic N) is 1. The molecule has 2 N–H and O–H groups in total. The zero-order chi connectivity index (χ0) is 11.5. The van der Waals surface area contributed by atoms with Gasteiger partial charge in [-0.3, -0.25) is 9.78 Å². The Morgan fingerprint density at radius 1 is 1.38 bits per heavy atom. The van der Waals surface area contributed by atoms with Crippen molar-refractivity contribution in [1.29, 1.82) is 0 Å². The number of carbonyl (C=O) groups is 1. The monoisotopic (exact) mass is 214 g/mol. The van der Waals surface area contributed by atoms with E-state index in [1.54, 1.807) is 6.20 Å². The summed E-state index contributed by atoms with van der Waals surface area (Å²) < 4.78 is 0. The Hall–Kier alpha value is -1.90. The quantitative estimate of drug-likeness (QED) is 0.849. The van der Waals surface area contributed by atoms with E-state index in [2.05, 4.69) is 24.0 Å². The summed E-state index contributed by atoms with van der Waals surface area (Å²) in [5, 5.41) is 2.31. The number of pyridine rings is 1. The maximum Gasteiger partial charge on any atom is 0.217 e. The second-order valence-electron chi connectivity index (χ2n) is 3.90. The maximum absolute atomic E-state index is 10.8. The summed E-state index contributed by atoms with van der Waals surface area (Å²) in [5.74, 6) is -0.285. The van der Waals surface area contributed by atoms with Gasteiger partial charge in [-0.25, -0.2) is 0 Å². The first-order valence-corrected chi connectivity index (χ1v) is 5.30. The molecule has 0 atom stereocenters. The Labute approximate surface area is 94.3 Å². The van der Waals surface area contributed by atoms with Crippen molar-refractivity contribution in [1.82, 2.24) is 4.98 Å². The highest BCUT2D eigenvalue weighted by Gasteiger charge is 2.06. The lowest BCUT2D eigenvalue weighted by Gasteiger charge is -2.07. The molecule has 1 aromatic carbocycles. The Morgan fingerprint density at radius 3 is 2.94 bits per heavy atom. The molecule has 2 aromatic rings. The van der Waals surface area contributed by atoms with Crippen LogP contribution in [-0.4, -0.2) is 10.9 Å². The van der Waals surface area contributed by atoms with Crippen molar-refractivity contribution in [3.05, 3.63) is 41.7 Å². The van der Waals surface area contributed by atoms with Crippen molar-refractivity contribution in [2.24, 2.45) is 5.73 Å². The number of rotatable bonds is 3. The third kappa shape index (κ3) is 2.03. The predicted octanol–water partition coefficient (Wildman–Crippen LogP) is 1.96. The summed E-state index contributed by atoms with van der Waals surface area (Å²) >= 11 is 0. The minimum atomic E-state index is -0.285. The summed E-state index contributed by atoms with van der Waals surface area (Å²) in [6.07, 6.45) is 2.73. The van der Waals surface area contributed by atoms with Crippen LogP contribution in [0, 0.1) is 6.92 Å². The van der Waals surface area contributed by atoms with Crippen LogP contribution in [0.4, 0.5) is 0 Å². The number of aromatic nitrogens is 1. The van der Waals surface area contributed by atoms with Gasteiger partial charge in [0.05, 0.1) is 0 Å². The molecular weight excluding hydrogens is 200 g/mol. The third-order valence-corrected chi connectivity index (χ3v) is 2.69. The number of hydrogen-bond donors (Lipinski definition) is 1. The Kier molecular flexibility index (Phi) is 2.86. The highest BCUT2D eigenvalue weighted by atomic mass is 16.1. The number of fused-ring (bicyclic) bond motifs is 1. The van der Waals surface area contributed by atoms with E-state index in [0.29, 0.717) is 12.8 Å². The molecule has 0 aliphatic heterocycles. The lowest BCUT2D eigenvalue weighted by atomic mass is 10.0. The van der Waals surface area contributed by atoms with Gasteiger partial charge in [0.2, 0.25) is 5.91 Å². The van der Waals surface area contributed by atoms with Crippen LogP contribution in [0.2, 0.25) is 0 Å². The van der Waals surface area contributed by atoms with Crippen LogP contribution in [0.1, 0.15) is 17.7 Å². The fraction of sp³-hybridized carbons (Fsp3) is 0.231. The van der Waals surface area contributed by atoms with E-state index in [4.69, 9.17) is 5.73 Å². The smallest absolute Gasteiger partial charge is 0.217 e. The molecule has 3 heteroatoms. The lowest BCUT2D eigenvalue weighted by molar-refractivity contribution is -0.117. The SMILES string of the molecule is Cc1cccc2ccnc(CCC(N)=O)c12. The Balaban J connectivity index is 2.48. The normalized spacial score (nSPS) is 10.6. The minimum absolute atomic E-state index is 0.285. The average molecular weight is 214 g/mol. The number of aryl methyl sites for hydroxylation is 2. The standard InChI is InChI=1S/C13H14N2O/c1-9-3-2-4-10-7-8-15-11(13(9)10)5-6-12(14)16/h2-4,7-8H,5-6H2,1H3,(H2,14,16). The van der Waals surface area contributed by atoms with E-state index in [1.807, 2.05) is 12.1 Å². The summed E-state index contributed by atoms with van der Waals surface area (Å²) in [6.45, 7) is 2.05. The van der Waals surface area contributed by atoms with Gasteiger partial charge in [-0.15, -0.1) is 0 Å². The molecule has 1 amide bonds. The van der Waals surface area contributed by atoms with Crippen LogP contribution in [0.15, 0.2) is 30.5 Å². The number of primary amides is 1. The molecule has 0 fully saturated rings. The molecule has 82 valence electrons. The van der Waals surface area contributed by atoms with Crippen LogP contribution in [0.25, 0.3) is 10.8 Å². The average Bonchev–Trinajstić information content (AvgIpc) is 2.26. The largest absolute Gasteiger partial charge is 0.370 e. The molecule has 0 unspecified atom stereocenters. The molecule has 0 aliphatic carbocycles. The number of amides is 1. The molecule has 0 spiro atoms. The molecular formula is C13H14N2O. The van der Waals surface area contributed by atoms with Crippen molar-refractivity contribution in [2.75, 3.05) is 0 Å². The van der Waals surface area contributed by atoms with Gasteiger partial charge >= 0.3 is 0 Å². The fourth-order valence-corrected chi connectivity index (χ4v) is 1.93. The maximum atomic E-state index is 10.8. The van der Waals surface area contributed by atoms with Gasteiger partial charge in [0.25, 0.3) is 0 Å². The van der Waals surface area contributed by atoms with E-state index >= 15 is 0 Å². The van der Waals surface area contributed by atoms with E-state index in [0.717, 1.165) is 16.5 Å². The van der Waals surface area contributed by atoms with E-state index in [-0.39, 0.29) is 5.91 Å². The molecule has 0 aliphatic rings. The highest BCUT2D eigenvalue weighted by molar-refractivity contribution is 5.87. The van der Waals surface area contributed by atoms with Gasteiger partial charge in [-0.1, -0.05) is 18.2 Å². The zero-order valence-electron chi connectivity index (χ0n) is 9.23. The summed E-state index contributed by atoms with van der Waals surface area (Å²) in [4.78, 5) is 15.1. The topological polar surface area (TPSA) is 56.0 Å². The van der Waals surface area contributed by atoms with Crippen molar-refractivity contribution >= 4 is 16.7 Å². The molecule has 0 saturated heterocycles. The first-order valence-electron chi connectivity index (χ1n) is 5.30. The number of hydrogen-bond acceptors (Lipinski definition) is 2. The van der Waals surface area contributed by atoms with Crippen molar-refractivity contribution in [3.63, 3.8) is 0 Å². The second-order valence-corrected chi connectivity index (χ2v) is 3.90. The molecule has 16 heavy (non-hydrogen) atoms. The van der Waals surface area contributed by atoms with Gasteiger partial charge in [0.15, 0.2) is 0 Å². The predicted molar refractivity (Wildman–Crippen MR) is 64.0 cm³/mol. The van der Waals surface area contributed by atoms with E-state index in [1.165, 1.54) is 5.56 Å². The molecule has 3 nitrogen and oxygen atoms in total. The molecule has 2 rings (SSSR count). The molecule has 1 aromatic heterocycles. The first-order chi connectivity index (χ1) is 7.68. The lowest BCUT2D eigenvalue weighted by Crippen LogP contribution is -2.11. The third-order valence-electron chi connectivity index (χ3n) is 2.69. The highest BCUT2D eigenvalue weighted by Crippen LogP contribution is 2.21. The first kappa shape index (κ1) is 10.6. The van der Waals surface area contributed by atoms with Gasteiger partial charge < -0.3 is 5.73 Å². The molecule has 0 bridgehead atoms. The molecule has 0 saturated carbocycles. The fourth-order valence-electron chi connectivity index (χ4n) is 1.93. The van der Waals surface area contributed by atoms with Crippen molar-refractivity contribution in [2.45, 2.75) is 19.8 Å². The summed E-state index contributed by atoms with van der Waals surface area (Å²) in [6, 6.07) is 8.11. The van der Waals surface area contributed by atoms with Crippen LogP contribution in [-0.2, 0) is 11.2 Å². The second kappa shape index (κ2) is 4.31. The van der Waals surface area contributed by atoms with Crippen molar-refractivity contribution < 1.29 is 4.79 Å².